The van der Waals surface area contributed by atoms with Gasteiger partial charge in [0.2, 0.25) is 5.91 Å². The molecule has 2 amide bonds. The zero-order chi connectivity index (χ0) is 24.3. The van der Waals surface area contributed by atoms with Gasteiger partial charge in [0.25, 0.3) is 5.91 Å². The van der Waals surface area contributed by atoms with Crippen molar-refractivity contribution in [3.63, 3.8) is 0 Å². The average molecular weight is 463 g/mol. The quantitative estimate of drug-likeness (QED) is 0.424. The molecule has 34 heavy (non-hydrogen) atoms. The van der Waals surface area contributed by atoms with Gasteiger partial charge in [0.15, 0.2) is 18.1 Å². The Morgan fingerprint density at radius 2 is 1.32 bits per heavy atom. The predicted octanol–water partition coefficient (Wildman–Crippen LogP) is 4.70. The van der Waals surface area contributed by atoms with E-state index >= 15 is 0 Å². The van der Waals surface area contributed by atoms with Crippen LogP contribution >= 0.6 is 0 Å². The number of nitrogens with one attached hydrogen (secondary N) is 2. The normalized spacial score (nSPS) is 10.2. The number of amides is 2. The fourth-order valence-electron chi connectivity index (χ4n) is 2.93. The monoisotopic (exact) mass is 462 g/mol. The molecule has 0 heterocycles. The Morgan fingerprint density at radius 1 is 0.735 bits per heavy atom. The zero-order valence-electron chi connectivity index (χ0n) is 19.0. The van der Waals surface area contributed by atoms with Gasteiger partial charge in [-0.2, -0.15) is 0 Å². The van der Waals surface area contributed by atoms with E-state index in [1.54, 1.807) is 55.6 Å². The molecule has 3 aromatic rings. The molecule has 0 fully saturated rings. The van der Waals surface area contributed by atoms with Gasteiger partial charge in [-0.1, -0.05) is 29.8 Å². The summed E-state index contributed by atoms with van der Waals surface area (Å²) >= 11 is 0. The Morgan fingerprint density at radius 3 is 1.97 bits per heavy atom. The number of rotatable bonds is 10. The van der Waals surface area contributed by atoms with Gasteiger partial charge in [0.05, 0.1) is 13.5 Å². The predicted molar refractivity (Wildman–Crippen MR) is 128 cm³/mol. The smallest absolute Gasteiger partial charge is 0.306 e. The fourth-order valence-corrected chi connectivity index (χ4v) is 2.93. The molecule has 0 aliphatic rings. The van der Waals surface area contributed by atoms with Crippen molar-refractivity contribution >= 4 is 29.2 Å². The summed E-state index contributed by atoms with van der Waals surface area (Å²) in [6.45, 7) is 1.53. The number of hydrogen-bond donors (Lipinski definition) is 2. The van der Waals surface area contributed by atoms with E-state index in [2.05, 4.69) is 10.6 Å². The number of aryl methyl sites for hydroxylation is 1. The van der Waals surface area contributed by atoms with Crippen molar-refractivity contribution in [2.24, 2.45) is 0 Å². The van der Waals surface area contributed by atoms with Crippen LogP contribution in [0, 0.1) is 6.92 Å². The highest BCUT2D eigenvalue weighted by Gasteiger charge is 2.11. The lowest BCUT2D eigenvalue weighted by Gasteiger charge is -2.11. The third-order valence-corrected chi connectivity index (χ3v) is 4.69. The number of carbonyl (C=O) groups is 3. The molecule has 0 saturated heterocycles. The minimum atomic E-state index is -0.630. The minimum absolute atomic E-state index is 0.0715. The van der Waals surface area contributed by atoms with Crippen molar-refractivity contribution in [3.05, 3.63) is 78.4 Å². The van der Waals surface area contributed by atoms with Crippen LogP contribution in [0.5, 0.6) is 17.2 Å². The molecule has 176 valence electrons. The van der Waals surface area contributed by atoms with Gasteiger partial charge in [0, 0.05) is 17.8 Å². The number of para-hydroxylation sites is 2. The van der Waals surface area contributed by atoms with Crippen molar-refractivity contribution in [2.75, 3.05) is 24.4 Å². The molecular formula is C26H26N2O6. The summed E-state index contributed by atoms with van der Waals surface area (Å²) in [5.41, 5.74) is 2.24. The van der Waals surface area contributed by atoms with Gasteiger partial charge in [-0.15, -0.1) is 0 Å². The largest absolute Gasteiger partial charge is 0.493 e. The summed E-state index contributed by atoms with van der Waals surface area (Å²) in [7, 11) is 1.57. The van der Waals surface area contributed by atoms with Gasteiger partial charge in [-0.25, -0.2) is 0 Å². The molecule has 8 heteroatoms. The molecule has 0 saturated carbocycles. The Kier molecular flexibility index (Phi) is 8.62. The molecule has 0 unspecified atom stereocenters. The number of hydrogen-bond acceptors (Lipinski definition) is 6. The first-order valence-corrected chi connectivity index (χ1v) is 10.7. The van der Waals surface area contributed by atoms with Crippen LogP contribution in [-0.4, -0.2) is 31.5 Å². The maximum atomic E-state index is 12.1. The first-order valence-electron chi connectivity index (χ1n) is 10.7. The van der Waals surface area contributed by atoms with Crippen LogP contribution in [0.1, 0.15) is 18.4 Å². The van der Waals surface area contributed by atoms with Crippen molar-refractivity contribution in [2.45, 2.75) is 19.8 Å². The van der Waals surface area contributed by atoms with E-state index in [1.807, 2.05) is 31.2 Å². The minimum Gasteiger partial charge on any atom is -0.493 e. The highest BCUT2D eigenvalue weighted by Crippen LogP contribution is 2.31. The van der Waals surface area contributed by atoms with E-state index in [9.17, 15) is 14.4 Å². The van der Waals surface area contributed by atoms with E-state index < -0.39 is 18.5 Å². The maximum absolute atomic E-state index is 12.1. The molecule has 0 bridgehead atoms. The third kappa shape index (κ3) is 7.67. The number of carbonyl (C=O) groups excluding carboxylic acids is 3. The van der Waals surface area contributed by atoms with E-state index in [4.69, 9.17) is 14.2 Å². The number of benzene rings is 3. The first kappa shape index (κ1) is 24.3. The lowest BCUT2D eigenvalue weighted by Crippen LogP contribution is -2.21. The van der Waals surface area contributed by atoms with E-state index in [-0.39, 0.29) is 18.7 Å². The summed E-state index contributed by atoms with van der Waals surface area (Å²) < 4.78 is 16.0. The first-order chi connectivity index (χ1) is 16.4. The second-order valence-corrected chi connectivity index (χ2v) is 7.40. The molecule has 0 aliphatic heterocycles. The number of esters is 1. The fraction of sp³-hybridized carbons (Fsp3) is 0.192. The Hall–Kier alpha value is -4.33. The van der Waals surface area contributed by atoms with E-state index in [0.717, 1.165) is 5.56 Å². The van der Waals surface area contributed by atoms with Gasteiger partial charge in [-0.3, -0.25) is 14.4 Å². The second kappa shape index (κ2) is 12.1. The highest BCUT2D eigenvalue weighted by atomic mass is 16.5. The van der Waals surface area contributed by atoms with Crippen molar-refractivity contribution in [1.29, 1.82) is 0 Å². The molecule has 3 aromatic carbocycles. The van der Waals surface area contributed by atoms with E-state index in [1.165, 1.54) is 0 Å². The molecule has 0 spiro atoms. The van der Waals surface area contributed by atoms with Crippen LogP contribution in [-0.2, 0) is 19.1 Å². The molecule has 0 aliphatic carbocycles. The standard InChI is InChI=1S/C26H26N2O6/c1-18-7-9-19(10-8-18)28-25(30)17-33-26(31)16-15-24(29)27-20-11-13-21(14-12-20)34-23-6-4-3-5-22(23)32-2/h3-14H,15-17H2,1-2H3,(H,27,29)(H,28,30). The topological polar surface area (TPSA) is 103 Å². The van der Waals surface area contributed by atoms with Gasteiger partial charge >= 0.3 is 5.97 Å². The van der Waals surface area contributed by atoms with Gasteiger partial charge < -0.3 is 24.8 Å². The Labute approximate surface area is 197 Å². The molecule has 0 aromatic heterocycles. The number of anilines is 2. The van der Waals surface area contributed by atoms with Gasteiger partial charge in [-0.05, 0) is 55.5 Å². The maximum Gasteiger partial charge on any atom is 0.306 e. The highest BCUT2D eigenvalue weighted by molar-refractivity contribution is 5.94. The summed E-state index contributed by atoms with van der Waals surface area (Å²) in [5.74, 6) is 0.341. The van der Waals surface area contributed by atoms with Crippen LogP contribution in [0.15, 0.2) is 72.8 Å². The lowest BCUT2D eigenvalue weighted by atomic mass is 10.2. The lowest BCUT2D eigenvalue weighted by molar-refractivity contribution is -0.147. The van der Waals surface area contributed by atoms with E-state index in [0.29, 0.717) is 28.6 Å². The van der Waals surface area contributed by atoms with Crippen LogP contribution in [0.4, 0.5) is 11.4 Å². The van der Waals surface area contributed by atoms with Crippen molar-refractivity contribution < 1.29 is 28.6 Å². The molecule has 2 N–H and O–H groups in total. The van der Waals surface area contributed by atoms with Crippen LogP contribution in [0.25, 0.3) is 0 Å². The molecule has 3 rings (SSSR count). The summed E-state index contributed by atoms with van der Waals surface area (Å²) in [6, 6.07) is 21.3. The summed E-state index contributed by atoms with van der Waals surface area (Å²) in [5, 5.41) is 5.34. The Balaban J connectivity index is 1.38. The van der Waals surface area contributed by atoms with Crippen LogP contribution in [0.2, 0.25) is 0 Å². The van der Waals surface area contributed by atoms with Gasteiger partial charge in [0.1, 0.15) is 5.75 Å². The van der Waals surface area contributed by atoms with Crippen molar-refractivity contribution in [3.8, 4) is 17.2 Å². The molecule has 8 nitrogen and oxygen atoms in total. The number of ether oxygens (including phenoxy) is 3. The van der Waals surface area contributed by atoms with Crippen LogP contribution < -0.4 is 20.1 Å². The summed E-state index contributed by atoms with van der Waals surface area (Å²) in [4.78, 5) is 35.9. The molecule has 0 radical (unpaired) electrons. The molecular weight excluding hydrogens is 436 g/mol. The Bertz CT molecular complexity index is 1130. The second-order valence-electron chi connectivity index (χ2n) is 7.40. The van der Waals surface area contributed by atoms with Crippen molar-refractivity contribution in [1.82, 2.24) is 0 Å². The summed E-state index contributed by atoms with van der Waals surface area (Å²) in [6.07, 6.45) is -0.212. The zero-order valence-corrected chi connectivity index (χ0v) is 19.0. The average Bonchev–Trinajstić information content (AvgIpc) is 2.84. The molecule has 0 atom stereocenters. The number of methoxy groups -OCH3 is 1. The van der Waals surface area contributed by atoms with Crippen LogP contribution in [0.3, 0.4) is 0 Å². The SMILES string of the molecule is COc1ccccc1Oc1ccc(NC(=O)CCC(=O)OCC(=O)Nc2ccc(C)cc2)cc1. The third-order valence-electron chi connectivity index (χ3n) is 4.69.